The molecule has 2 aromatic rings. The number of aliphatic imine (C=N–C) groups is 1. The number of thiazole rings is 1. The van der Waals surface area contributed by atoms with Crippen molar-refractivity contribution >= 4 is 41.3 Å². The van der Waals surface area contributed by atoms with E-state index in [9.17, 15) is 0 Å². The predicted molar refractivity (Wildman–Crippen MR) is 110 cm³/mol. The quantitative estimate of drug-likeness (QED) is 0.435. The Balaban J connectivity index is 0.00000264. The van der Waals surface area contributed by atoms with Gasteiger partial charge in [0.05, 0.1) is 5.01 Å². The van der Waals surface area contributed by atoms with Crippen molar-refractivity contribution in [2.45, 2.75) is 26.8 Å². The van der Waals surface area contributed by atoms with Crippen molar-refractivity contribution in [2.75, 3.05) is 20.6 Å². The van der Waals surface area contributed by atoms with Crippen molar-refractivity contribution in [1.29, 1.82) is 0 Å². The topological polar surface area (TPSA) is 40.5 Å². The number of nitrogens with one attached hydrogen (secondary N) is 1. The maximum absolute atomic E-state index is 4.39. The van der Waals surface area contributed by atoms with Gasteiger partial charge in [0.15, 0.2) is 5.96 Å². The third kappa shape index (κ3) is 6.10. The molecule has 1 aromatic heterocycles. The Kier molecular flexibility index (Phi) is 8.54. The summed E-state index contributed by atoms with van der Waals surface area (Å²) in [6.07, 6.45) is 2.86. The molecule has 1 aromatic carbocycles. The summed E-state index contributed by atoms with van der Waals surface area (Å²) in [4.78, 5) is 12.2. The van der Waals surface area contributed by atoms with Gasteiger partial charge >= 0.3 is 0 Å². The molecule has 0 radical (unpaired) electrons. The fourth-order valence-corrected chi connectivity index (χ4v) is 3.09. The standard InChI is InChI=1S/C17H24N4S.HI/c1-13-7-5-6-8-15(13)12-21(4)17(18-3)19-10-9-16-20-11-14(2)22-16;/h5-8,11H,9-10,12H2,1-4H3,(H,18,19);1H. The van der Waals surface area contributed by atoms with Crippen molar-refractivity contribution in [3.05, 3.63) is 51.5 Å². The Hall–Kier alpha value is -1.15. The van der Waals surface area contributed by atoms with Gasteiger partial charge in [0, 0.05) is 44.7 Å². The molecular formula is C17H25IN4S. The molecule has 0 fully saturated rings. The van der Waals surface area contributed by atoms with Crippen LogP contribution in [-0.4, -0.2) is 36.5 Å². The first-order valence-electron chi connectivity index (χ1n) is 7.47. The van der Waals surface area contributed by atoms with Crippen LogP contribution in [0.2, 0.25) is 0 Å². The van der Waals surface area contributed by atoms with Gasteiger partial charge in [0.1, 0.15) is 0 Å². The molecule has 0 unspecified atom stereocenters. The Bertz CT molecular complexity index is 639. The molecule has 0 aliphatic carbocycles. The zero-order valence-electron chi connectivity index (χ0n) is 14.2. The fraction of sp³-hybridized carbons (Fsp3) is 0.412. The van der Waals surface area contributed by atoms with Crippen LogP contribution in [0.4, 0.5) is 0 Å². The van der Waals surface area contributed by atoms with Gasteiger partial charge in [-0.25, -0.2) is 4.98 Å². The average Bonchev–Trinajstić information content (AvgIpc) is 2.91. The average molecular weight is 444 g/mol. The first-order valence-corrected chi connectivity index (χ1v) is 8.29. The minimum atomic E-state index is 0. The van der Waals surface area contributed by atoms with Gasteiger partial charge in [0.25, 0.3) is 0 Å². The van der Waals surface area contributed by atoms with Crippen LogP contribution in [0.1, 0.15) is 21.0 Å². The van der Waals surface area contributed by atoms with Gasteiger partial charge in [-0.05, 0) is 25.0 Å². The molecule has 0 saturated carbocycles. The second kappa shape index (κ2) is 9.87. The maximum atomic E-state index is 4.39. The third-order valence-electron chi connectivity index (χ3n) is 3.53. The summed E-state index contributed by atoms with van der Waals surface area (Å²) in [5.74, 6) is 0.913. The van der Waals surface area contributed by atoms with Crippen LogP contribution in [0.15, 0.2) is 35.5 Å². The second-order valence-corrected chi connectivity index (χ2v) is 6.69. The lowest BCUT2D eigenvalue weighted by molar-refractivity contribution is 0.476. The molecule has 1 N–H and O–H groups in total. The first-order chi connectivity index (χ1) is 10.6. The maximum Gasteiger partial charge on any atom is 0.193 e. The van der Waals surface area contributed by atoms with Crippen LogP contribution >= 0.6 is 35.3 Å². The van der Waals surface area contributed by atoms with E-state index >= 15 is 0 Å². The second-order valence-electron chi connectivity index (χ2n) is 5.37. The summed E-state index contributed by atoms with van der Waals surface area (Å²) in [5, 5.41) is 4.58. The van der Waals surface area contributed by atoms with Crippen molar-refractivity contribution in [3.63, 3.8) is 0 Å². The molecule has 23 heavy (non-hydrogen) atoms. The van der Waals surface area contributed by atoms with E-state index in [0.29, 0.717) is 0 Å². The number of hydrogen-bond donors (Lipinski definition) is 1. The molecule has 126 valence electrons. The van der Waals surface area contributed by atoms with Crippen molar-refractivity contribution in [1.82, 2.24) is 15.2 Å². The van der Waals surface area contributed by atoms with Gasteiger partial charge in [-0.3, -0.25) is 4.99 Å². The van der Waals surface area contributed by atoms with Gasteiger partial charge in [-0.15, -0.1) is 35.3 Å². The fourth-order valence-electron chi connectivity index (χ4n) is 2.30. The number of guanidine groups is 1. The molecule has 4 nitrogen and oxygen atoms in total. The zero-order valence-corrected chi connectivity index (χ0v) is 17.3. The molecule has 0 atom stereocenters. The minimum absolute atomic E-state index is 0. The van der Waals surface area contributed by atoms with Crippen LogP contribution in [0, 0.1) is 13.8 Å². The number of hydrogen-bond acceptors (Lipinski definition) is 3. The van der Waals surface area contributed by atoms with E-state index in [1.807, 2.05) is 13.2 Å². The van der Waals surface area contributed by atoms with Crippen LogP contribution in [0.3, 0.4) is 0 Å². The summed E-state index contributed by atoms with van der Waals surface area (Å²) in [5.41, 5.74) is 2.63. The lowest BCUT2D eigenvalue weighted by Crippen LogP contribution is -2.39. The summed E-state index contributed by atoms with van der Waals surface area (Å²) >= 11 is 1.76. The monoisotopic (exact) mass is 444 g/mol. The largest absolute Gasteiger partial charge is 0.356 e. The molecule has 0 aliphatic heterocycles. The number of halogens is 1. The molecule has 1 heterocycles. The Morgan fingerprint density at radius 2 is 2.04 bits per heavy atom. The Labute approximate surface area is 160 Å². The van der Waals surface area contributed by atoms with Crippen LogP contribution < -0.4 is 5.32 Å². The zero-order chi connectivity index (χ0) is 15.9. The summed E-state index contributed by atoms with van der Waals surface area (Å²) in [6.45, 7) is 5.92. The highest BCUT2D eigenvalue weighted by Crippen LogP contribution is 2.11. The number of aromatic nitrogens is 1. The lowest BCUT2D eigenvalue weighted by atomic mass is 10.1. The number of nitrogens with zero attached hydrogens (tertiary/aromatic N) is 3. The Morgan fingerprint density at radius 3 is 2.65 bits per heavy atom. The number of rotatable bonds is 5. The molecule has 2 rings (SSSR count). The summed E-state index contributed by atoms with van der Waals surface area (Å²) in [7, 11) is 3.89. The highest BCUT2D eigenvalue weighted by atomic mass is 127. The number of benzene rings is 1. The van der Waals surface area contributed by atoms with E-state index < -0.39 is 0 Å². The van der Waals surface area contributed by atoms with Gasteiger partial charge < -0.3 is 10.2 Å². The first kappa shape index (κ1) is 19.9. The minimum Gasteiger partial charge on any atom is -0.356 e. The normalized spacial score (nSPS) is 11.0. The highest BCUT2D eigenvalue weighted by molar-refractivity contribution is 14.0. The lowest BCUT2D eigenvalue weighted by Gasteiger charge is -2.22. The van der Waals surface area contributed by atoms with Crippen LogP contribution in [0.25, 0.3) is 0 Å². The molecule has 0 aliphatic rings. The molecule has 6 heteroatoms. The molecule has 0 saturated heterocycles. The van der Waals surface area contributed by atoms with Gasteiger partial charge in [-0.2, -0.15) is 0 Å². The van der Waals surface area contributed by atoms with Crippen molar-refractivity contribution in [3.8, 4) is 0 Å². The molecule has 0 bridgehead atoms. The van der Waals surface area contributed by atoms with Crippen molar-refractivity contribution < 1.29 is 0 Å². The SMILES string of the molecule is CN=C(NCCc1ncc(C)s1)N(C)Cc1ccccc1C.I. The third-order valence-corrected chi connectivity index (χ3v) is 4.51. The van der Waals surface area contributed by atoms with Crippen LogP contribution in [-0.2, 0) is 13.0 Å². The smallest absolute Gasteiger partial charge is 0.193 e. The van der Waals surface area contributed by atoms with E-state index in [1.54, 1.807) is 11.3 Å². The summed E-state index contributed by atoms with van der Waals surface area (Å²) in [6, 6.07) is 8.46. The van der Waals surface area contributed by atoms with Gasteiger partial charge in [0.2, 0.25) is 0 Å². The van der Waals surface area contributed by atoms with E-state index in [-0.39, 0.29) is 24.0 Å². The van der Waals surface area contributed by atoms with Crippen LogP contribution in [0.5, 0.6) is 0 Å². The summed E-state index contributed by atoms with van der Waals surface area (Å²) < 4.78 is 0. The van der Waals surface area contributed by atoms with E-state index in [1.165, 1.54) is 21.0 Å². The highest BCUT2D eigenvalue weighted by Gasteiger charge is 2.08. The van der Waals surface area contributed by atoms with Crippen molar-refractivity contribution in [2.24, 2.45) is 4.99 Å². The molecule has 0 spiro atoms. The van der Waals surface area contributed by atoms with E-state index in [4.69, 9.17) is 0 Å². The van der Waals surface area contributed by atoms with Gasteiger partial charge in [-0.1, -0.05) is 24.3 Å². The molecular weight excluding hydrogens is 419 g/mol. The predicted octanol–water partition coefficient (Wildman–Crippen LogP) is 3.63. The van der Waals surface area contributed by atoms with E-state index in [0.717, 1.165) is 25.5 Å². The number of aryl methyl sites for hydroxylation is 2. The Morgan fingerprint density at radius 1 is 1.30 bits per heavy atom. The van der Waals surface area contributed by atoms with E-state index in [2.05, 4.69) is 65.4 Å². The molecule has 0 amide bonds.